The van der Waals surface area contributed by atoms with Crippen molar-refractivity contribution in [3.05, 3.63) is 29.8 Å². The fourth-order valence-corrected chi connectivity index (χ4v) is 4.43. The highest BCUT2D eigenvalue weighted by Crippen LogP contribution is 2.34. The average molecular weight is 313 g/mol. The highest BCUT2D eigenvalue weighted by atomic mass is 15.4. The van der Waals surface area contributed by atoms with Crippen LogP contribution in [0.25, 0.3) is 0 Å². The van der Waals surface area contributed by atoms with Crippen molar-refractivity contribution in [3.8, 4) is 0 Å². The average Bonchev–Trinajstić information content (AvgIpc) is 3.43. The van der Waals surface area contributed by atoms with Gasteiger partial charge in [-0.05, 0) is 44.7 Å². The molecule has 3 fully saturated rings. The predicted octanol–water partition coefficient (Wildman–Crippen LogP) is 3.53. The van der Waals surface area contributed by atoms with Crippen molar-refractivity contribution in [2.75, 3.05) is 24.5 Å². The van der Waals surface area contributed by atoms with E-state index in [1.807, 2.05) is 0 Å². The van der Waals surface area contributed by atoms with Gasteiger partial charge in [0, 0.05) is 37.4 Å². The Kier molecular flexibility index (Phi) is 4.59. The Labute approximate surface area is 141 Å². The maximum Gasteiger partial charge on any atom is 0.0928 e. The van der Waals surface area contributed by atoms with Crippen LogP contribution in [0.4, 0.5) is 5.69 Å². The number of nitrogens with zero attached hydrogens (tertiary/aromatic N) is 2. The lowest BCUT2D eigenvalue weighted by Gasteiger charge is -2.45. The van der Waals surface area contributed by atoms with Gasteiger partial charge in [0.15, 0.2) is 0 Å². The molecule has 1 aromatic carbocycles. The molecule has 1 N–H and O–H groups in total. The van der Waals surface area contributed by atoms with Crippen molar-refractivity contribution in [1.82, 2.24) is 10.2 Å². The second-order valence-corrected chi connectivity index (χ2v) is 7.73. The molecule has 3 nitrogen and oxygen atoms in total. The van der Waals surface area contributed by atoms with E-state index in [9.17, 15) is 0 Å². The minimum atomic E-state index is 0.487. The molecule has 0 bridgehead atoms. The lowest BCUT2D eigenvalue weighted by atomic mass is 9.93. The van der Waals surface area contributed by atoms with Crippen molar-refractivity contribution in [3.63, 3.8) is 0 Å². The first-order chi connectivity index (χ1) is 11.3. The van der Waals surface area contributed by atoms with Crippen molar-refractivity contribution in [2.24, 2.45) is 0 Å². The fraction of sp³-hybridized carbons (Fsp3) is 0.700. The van der Waals surface area contributed by atoms with E-state index in [0.717, 1.165) is 18.6 Å². The molecule has 0 radical (unpaired) electrons. The highest BCUT2D eigenvalue weighted by Gasteiger charge is 2.37. The Morgan fingerprint density at radius 3 is 2.43 bits per heavy atom. The number of benzene rings is 1. The molecule has 1 aromatic rings. The van der Waals surface area contributed by atoms with Gasteiger partial charge in [-0.3, -0.25) is 10.2 Å². The molecule has 3 aliphatic rings. The Balaban J connectivity index is 1.48. The van der Waals surface area contributed by atoms with E-state index in [2.05, 4.69) is 46.3 Å². The number of hydrogen-bond donors (Lipinski definition) is 1. The van der Waals surface area contributed by atoms with Gasteiger partial charge < -0.3 is 4.90 Å². The Morgan fingerprint density at radius 1 is 1.00 bits per heavy atom. The zero-order valence-electron chi connectivity index (χ0n) is 14.5. The number of anilines is 1. The van der Waals surface area contributed by atoms with Gasteiger partial charge in [-0.15, -0.1) is 0 Å². The molecule has 2 aliphatic carbocycles. The fourth-order valence-electron chi connectivity index (χ4n) is 4.43. The molecule has 126 valence electrons. The zero-order chi connectivity index (χ0) is 15.6. The minimum Gasteiger partial charge on any atom is -0.352 e. The molecule has 4 rings (SSSR count). The van der Waals surface area contributed by atoms with E-state index >= 15 is 0 Å². The topological polar surface area (TPSA) is 18.5 Å². The van der Waals surface area contributed by atoms with Crippen LogP contribution in [-0.2, 0) is 0 Å². The van der Waals surface area contributed by atoms with Gasteiger partial charge in [-0.1, -0.05) is 37.0 Å². The first kappa shape index (κ1) is 15.5. The molecule has 1 saturated heterocycles. The van der Waals surface area contributed by atoms with E-state index in [0.29, 0.717) is 6.17 Å². The molecule has 1 atom stereocenters. The second-order valence-electron chi connectivity index (χ2n) is 7.73. The zero-order valence-corrected chi connectivity index (χ0v) is 14.5. The molecule has 0 amide bonds. The summed E-state index contributed by atoms with van der Waals surface area (Å²) in [4.78, 5) is 5.46. The van der Waals surface area contributed by atoms with E-state index in [4.69, 9.17) is 0 Å². The summed E-state index contributed by atoms with van der Waals surface area (Å²) in [6.07, 6.45) is 10.4. The summed E-state index contributed by atoms with van der Waals surface area (Å²) < 4.78 is 0. The van der Waals surface area contributed by atoms with Crippen LogP contribution in [0, 0.1) is 6.92 Å². The number of rotatable bonds is 4. The molecule has 0 spiro atoms. The highest BCUT2D eigenvalue weighted by molar-refractivity contribution is 5.50. The molecule has 1 heterocycles. The van der Waals surface area contributed by atoms with Crippen molar-refractivity contribution in [1.29, 1.82) is 0 Å². The van der Waals surface area contributed by atoms with E-state index in [-0.39, 0.29) is 0 Å². The number of aryl methyl sites for hydroxylation is 1. The summed E-state index contributed by atoms with van der Waals surface area (Å²) in [6, 6.07) is 10.7. The van der Waals surface area contributed by atoms with Crippen LogP contribution in [0.15, 0.2) is 24.3 Å². The van der Waals surface area contributed by atoms with Crippen LogP contribution < -0.4 is 10.2 Å². The van der Waals surface area contributed by atoms with Crippen LogP contribution in [-0.4, -0.2) is 42.8 Å². The van der Waals surface area contributed by atoms with Gasteiger partial charge in [-0.25, -0.2) is 0 Å². The van der Waals surface area contributed by atoms with E-state index in [1.165, 1.54) is 69.3 Å². The minimum absolute atomic E-state index is 0.487. The largest absolute Gasteiger partial charge is 0.352 e. The quantitative estimate of drug-likeness (QED) is 0.917. The SMILES string of the molecule is Cc1ccc(N(C2CC2)C2CN(C3CCCCC3)CCN2)cc1. The molecular formula is C20H31N3. The Bertz CT molecular complexity index is 502. The predicted molar refractivity (Wildman–Crippen MR) is 96.9 cm³/mol. The number of nitrogens with one attached hydrogen (secondary N) is 1. The maximum atomic E-state index is 3.81. The lowest BCUT2D eigenvalue weighted by Crippen LogP contribution is -2.61. The van der Waals surface area contributed by atoms with Crippen LogP contribution in [0.2, 0.25) is 0 Å². The van der Waals surface area contributed by atoms with Gasteiger partial charge in [0.05, 0.1) is 6.17 Å². The van der Waals surface area contributed by atoms with Crippen molar-refractivity contribution in [2.45, 2.75) is 70.1 Å². The van der Waals surface area contributed by atoms with Gasteiger partial charge in [0.25, 0.3) is 0 Å². The summed E-state index contributed by atoms with van der Waals surface area (Å²) >= 11 is 0. The first-order valence-corrected chi connectivity index (χ1v) is 9.64. The molecule has 2 saturated carbocycles. The van der Waals surface area contributed by atoms with Crippen molar-refractivity contribution < 1.29 is 0 Å². The van der Waals surface area contributed by atoms with Crippen LogP contribution in [0.5, 0.6) is 0 Å². The summed E-state index contributed by atoms with van der Waals surface area (Å²) in [5.74, 6) is 0. The monoisotopic (exact) mass is 313 g/mol. The first-order valence-electron chi connectivity index (χ1n) is 9.64. The van der Waals surface area contributed by atoms with Gasteiger partial charge in [-0.2, -0.15) is 0 Å². The normalized spacial score (nSPS) is 27.1. The number of piperazine rings is 1. The molecule has 1 unspecified atom stereocenters. The van der Waals surface area contributed by atoms with Crippen molar-refractivity contribution >= 4 is 5.69 Å². The van der Waals surface area contributed by atoms with Crippen LogP contribution in [0.1, 0.15) is 50.5 Å². The van der Waals surface area contributed by atoms with E-state index in [1.54, 1.807) is 0 Å². The Morgan fingerprint density at radius 2 is 1.74 bits per heavy atom. The third-order valence-electron chi connectivity index (χ3n) is 5.89. The second kappa shape index (κ2) is 6.82. The van der Waals surface area contributed by atoms with Crippen LogP contribution >= 0.6 is 0 Å². The molecule has 3 heteroatoms. The third kappa shape index (κ3) is 3.56. The van der Waals surface area contributed by atoms with Gasteiger partial charge in [0.1, 0.15) is 0 Å². The van der Waals surface area contributed by atoms with Crippen LogP contribution in [0.3, 0.4) is 0 Å². The maximum absolute atomic E-state index is 3.81. The third-order valence-corrected chi connectivity index (χ3v) is 5.89. The van der Waals surface area contributed by atoms with E-state index < -0.39 is 0 Å². The summed E-state index contributed by atoms with van der Waals surface area (Å²) in [5, 5.41) is 3.81. The van der Waals surface area contributed by atoms with Gasteiger partial charge in [0.2, 0.25) is 0 Å². The lowest BCUT2D eigenvalue weighted by molar-refractivity contribution is 0.113. The van der Waals surface area contributed by atoms with Gasteiger partial charge >= 0.3 is 0 Å². The summed E-state index contributed by atoms with van der Waals surface area (Å²) in [6.45, 7) is 5.73. The smallest absolute Gasteiger partial charge is 0.0928 e. The summed E-state index contributed by atoms with van der Waals surface area (Å²) in [7, 11) is 0. The molecule has 0 aromatic heterocycles. The summed E-state index contributed by atoms with van der Waals surface area (Å²) in [5.41, 5.74) is 2.76. The Hall–Kier alpha value is -1.06. The molecule has 23 heavy (non-hydrogen) atoms. The molecule has 1 aliphatic heterocycles. The number of hydrogen-bond acceptors (Lipinski definition) is 3. The molecular weight excluding hydrogens is 282 g/mol. The standard InChI is InChI=1S/C20H31N3/c1-16-7-9-18(10-8-16)23(19-11-12-19)20-15-22(14-13-21-20)17-5-3-2-4-6-17/h7-10,17,19-21H,2-6,11-15H2,1H3.